The monoisotopic (exact) mass is 239 g/mol. The Morgan fingerprint density at radius 3 is 2.82 bits per heavy atom. The fraction of sp³-hybridized carbons (Fsp3) is 0.538. The van der Waals surface area contributed by atoms with E-state index in [1.54, 1.807) is 6.07 Å². The molecule has 17 heavy (non-hydrogen) atoms. The number of nitrogens with one attached hydrogen (secondary N) is 1. The summed E-state index contributed by atoms with van der Waals surface area (Å²) in [6.07, 6.45) is 0.928. The molecule has 1 rings (SSSR count). The second-order valence-electron chi connectivity index (χ2n) is 3.97. The number of hydrogen-bond acceptors (Lipinski definition) is 4. The van der Waals surface area contributed by atoms with Crippen molar-refractivity contribution >= 4 is 0 Å². The predicted molar refractivity (Wildman–Crippen MR) is 67.3 cm³/mol. The van der Waals surface area contributed by atoms with Crippen molar-refractivity contribution < 1.29 is 14.9 Å². The van der Waals surface area contributed by atoms with E-state index in [4.69, 9.17) is 4.74 Å². The van der Waals surface area contributed by atoms with Crippen LogP contribution in [0.15, 0.2) is 18.2 Å². The number of aromatic hydroxyl groups is 2. The predicted octanol–water partition coefficient (Wildman–Crippen LogP) is 2.18. The Labute approximate surface area is 102 Å². The molecule has 1 aromatic rings. The van der Waals surface area contributed by atoms with Gasteiger partial charge in [0, 0.05) is 24.8 Å². The third-order valence-electron chi connectivity index (χ3n) is 2.60. The zero-order valence-corrected chi connectivity index (χ0v) is 10.4. The van der Waals surface area contributed by atoms with Crippen molar-refractivity contribution in [1.29, 1.82) is 0 Å². The van der Waals surface area contributed by atoms with Crippen LogP contribution in [0.25, 0.3) is 0 Å². The van der Waals surface area contributed by atoms with Crippen LogP contribution in [-0.4, -0.2) is 30.0 Å². The van der Waals surface area contributed by atoms with Gasteiger partial charge in [-0.25, -0.2) is 0 Å². The molecule has 4 heteroatoms. The van der Waals surface area contributed by atoms with Crippen molar-refractivity contribution in [3.05, 3.63) is 23.8 Å². The number of hydrogen-bond donors (Lipinski definition) is 3. The first kappa shape index (κ1) is 13.8. The Balaban J connectivity index is 2.41. The Bertz CT molecular complexity index is 341. The highest BCUT2D eigenvalue weighted by atomic mass is 16.5. The smallest absolute Gasteiger partial charge is 0.120 e. The molecule has 4 nitrogen and oxygen atoms in total. The molecular weight excluding hydrogens is 218 g/mol. The molecule has 0 saturated carbocycles. The molecule has 96 valence electrons. The van der Waals surface area contributed by atoms with Gasteiger partial charge in [-0.3, -0.25) is 0 Å². The van der Waals surface area contributed by atoms with E-state index in [0.717, 1.165) is 26.2 Å². The van der Waals surface area contributed by atoms with Crippen molar-refractivity contribution in [1.82, 2.24) is 5.32 Å². The third-order valence-corrected chi connectivity index (χ3v) is 2.60. The van der Waals surface area contributed by atoms with Crippen molar-refractivity contribution in [3.8, 4) is 11.5 Å². The summed E-state index contributed by atoms with van der Waals surface area (Å²) in [5.74, 6) is 0.369. The zero-order valence-electron chi connectivity index (χ0n) is 10.4. The first-order valence-electron chi connectivity index (χ1n) is 5.98. The number of rotatable bonds is 7. The lowest BCUT2D eigenvalue weighted by Gasteiger charge is -2.15. The molecule has 0 amide bonds. The third kappa shape index (κ3) is 4.63. The van der Waals surface area contributed by atoms with Crippen LogP contribution < -0.4 is 5.32 Å². The average Bonchev–Trinajstić information content (AvgIpc) is 2.32. The summed E-state index contributed by atoms with van der Waals surface area (Å²) in [6, 6.07) is 4.56. The molecule has 1 unspecified atom stereocenters. The van der Waals surface area contributed by atoms with Gasteiger partial charge in [0.2, 0.25) is 0 Å². The first-order valence-corrected chi connectivity index (χ1v) is 5.98. The first-order chi connectivity index (χ1) is 8.15. The van der Waals surface area contributed by atoms with E-state index in [0.29, 0.717) is 5.56 Å². The van der Waals surface area contributed by atoms with Crippen molar-refractivity contribution in [2.75, 3.05) is 19.8 Å². The SMILES string of the molecule is CCOCCCNC(C)c1cc(O)ccc1O. The van der Waals surface area contributed by atoms with Crippen molar-refractivity contribution in [2.45, 2.75) is 26.3 Å². The van der Waals surface area contributed by atoms with E-state index in [-0.39, 0.29) is 17.5 Å². The Morgan fingerprint density at radius 2 is 2.12 bits per heavy atom. The molecule has 0 aliphatic rings. The van der Waals surface area contributed by atoms with Gasteiger partial charge in [-0.15, -0.1) is 0 Å². The van der Waals surface area contributed by atoms with Crippen LogP contribution in [0.1, 0.15) is 31.9 Å². The van der Waals surface area contributed by atoms with Gasteiger partial charge in [0.05, 0.1) is 0 Å². The van der Waals surface area contributed by atoms with Crippen LogP contribution in [0.3, 0.4) is 0 Å². The Morgan fingerprint density at radius 1 is 1.35 bits per heavy atom. The van der Waals surface area contributed by atoms with E-state index in [2.05, 4.69) is 5.32 Å². The molecule has 0 bridgehead atoms. The van der Waals surface area contributed by atoms with Gasteiger partial charge in [-0.1, -0.05) is 0 Å². The van der Waals surface area contributed by atoms with Gasteiger partial charge >= 0.3 is 0 Å². The van der Waals surface area contributed by atoms with Crippen molar-refractivity contribution in [2.24, 2.45) is 0 Å². The molecule has 0 aromatic heterocycles. The molecule has 0 aliphatic heterocycles. The summed E-state index contributed by atoms with van der Waals surface area (Å²) in [4.78, 5) is 0. The molecule has 0 saturated heterocycles. The maximum atomic E-state index is 9.67. The Kier molecular flexibility index (Phi) is 5.80. The number of ether oxygens (including phenoxy) is 1. The van der Waals surface area contributed by atoms with Gasteiger partial charge < -0.3 is 20.3 Å². The number of benzene rings is 1. The van der Waals surface area contributed by atoms with E-state index in [9.17, 15) is 10.2 Å². The molecule has 0 spiro atoms. The summed E-state index contributed by atoms with van der Waals surface area (Å²) >= 11 is 0. The summed E-state index contributed by atoms with van der Waals surface area (Å²) in [5.41, 5.74) is 0.710. The lowest BCUT2D eigenvalue weighted by molar-refractivity contribution is 0.144. The summed E-state index contributed by atoms with van der Waals surface area (Å²) in [6.45, 7) is 6.22. The van der Waals surface area contributed by atoms with Crippen LogP contribution in [0.4, 0.5) is 0 Å². The molecule has 3 N–H and O–H groups in total. The minimum Gasteiger partial charge on any atom is -0.508 e. The average molecular weight is 239 g/mol. The topological polar surface area (TPSA) is 61.7 Å². The van der Waals surface area contributed by atoms with Gasteiger partial charge in [0.1, 0.15) is 11.5 Å². The second-order valence-corrected chi connectivity index (χ2v) is 3.97. The second kappa shape index (κ2) is 7.14. The largest absolute Gasteiger partial charge is 0.508 e. The summed E-state index contributed by atoms with van der Waals surface area (Å²) in [7, 11) is 0. The highest BCUT2D eigenvalue weighted by molar-refractivity contribution is 5.40. The molecular formula is C13H21NO3. The fourth-order valence-electron chi connectivity index (χ4n) is 1.64. The van der Waals surface area contributed by atoms with Gasteiger partial charge in [-0.2, -0.15) is 0 Å². The van der Waals surface area contributed by atoms with E-state index in [1.165, 1.54) is 12.1 Å². The highest BCUT2D eigenvalue weighted by Gasteiger charge is 2.10. The van der Waals surface area contributed by atoms with Crippen molar-refractivity contribution in [3.63, 3.8) is 0 Å². The van der Waals surface area contributed by atoms with Gasteiger partial charge in [-0.05, 0) is 45.0 Å². The quantitative estimate of drug-likeness (QED) is 0.504. The van der Waals surface area contributed by atoms with Gasteiger partial charge in [0.25, 0.3) is 0 Å². The van der Waals surface area contributed by atoms with Crippen LogP contribution >= 0.6 is 0 Å². The lowest BCUT2D eigenvalue weighted by Crippen LogP contribution is -2.21. The van der Waals surface area contributed by atoms with Crippen LogP contribution in [-0.2, 0) is 4.74 Å². The molecule has 0 aliphatic carbocycles. The fourth-order valence-corrected chi connectivity index (χ4v) is 1.64. The standard InChI is InChI=1S/C13H21NO3/c1-3-17-8-4-7-14-10(2)12-9-11(15)5-6-13(12)16/h5-6,9-10,14-16H,3-4,7-8H2,1-2H3. The number of phenols is 2. The normalized spacial score (nSPS) is 12.6. The highest BCUT2D eigenvalue weighted by Crippen LogP contribution is 2.27. The molecule has 0 fully saturated rings. The lowest BCUT2D eigenvalue weighted by atomic mass is 10.1. The molecule has 1 atom stereocenters. The van der Waals surface area contributed by atoms with Crippen LogP contribution in [0.2, 0.25) is 0 Å². The van der Waals surface area contributed by atoms with Gasteiger partial charge in [0.15, 0.2) is 0 Å². The molecule has 0 radical (unpaired) electrons. The summed E-state index contributed by atoms with van der Waals surface area (Å²) in [5, 5.41) is 22.3. The maximum absolute atomic E-state index is 9.67. The van der Waals surface area contributed by atoms with E-state index >= 15 is 0 Å². The minimum absolute atomic E-state index is 0.00345. The number of phenolic OH excluding ortho intramolecular Hbond substituents is 2. The molecule has 1 aromatic carbocycles. The Hall–Kier alpha value is -1.26. The van der Waals surface area contributed by atoms with E-state index in [1.807, 2.05) is 13.8 Å². The molecule has 0 heterocycles. The summed E-state index contributed by atoms with van der Waals surface area (Å²) < 4.78 is 5.23. The van der Waals surface area contributed by atoms with E-state index < -0.39 is 0 Å². The maximum Gasteiger partial charge on any atom is 0.120 e. The zero-order chi connectivity index (χ0) is 12.7. The van der Waals surface area contributed by atoms with Crippen LogP contribution in [0, 0.1) is 0 Å². The minimum atomic E-state index is 0.00345. The van der Waals surface area contributed by atoms with Crippen LogP contribution in [0.5, 0.6) is 11.5 Å².